The SMILES string of the molecule is COc1ccc(/C=C/C(=O)Cc2ccc(-c3cc(-c4ncco4)ccc3C)cc2)cc1OC. The summed E-state index contributed by atoms with van der Waals surface area (Å²) in [7, 11) is 3.18. The van der Waals surface area contributed by atoms with Gasteiger partial charge in [-0.1, -0.05) is 42.5 Å². The molecule has 0 aliphatic heterocycles. The zero-order valence-corrected chi connectivity index (χ0v) is 18.9. The van der Waals surface area contributed by atoms with Crippen LogP contribution in [0.1, 0.15) is 16.7 Å². The number of aromatic nitrogens is 1. The summed E-state index contributed by atoms with van der Waals surface area (Å²) in [5.41, 5.74) is 6.11. The van der Waals surface area contributed by atoms with Gasteiger partial charge in [-0.3, -0.25) is 4.79 Å². The molecule has 0 atom stereocenters. The molecule has 0 saturated heterocycles. The summed E-state index contributed by atoms with van der Waals surface area (Å²) in [5, 5.41) is 0. The second-order valence-corrected chi connectivity index (χ2v) is 7.65. The number of nitrogens with zero attached hydrogens (tertiary/aromatic N) is 1. The Morgan fingerprint density at radius 1 is 0.939 bits per heavy atom. The van der Waals surface area contributed by atoms with E-state index in [-0.39, 0.29) is 5.78 Å². The number of hydrogen-bond donors (Lipinski definition) is 0. The molecular formula is C28H25NO4. The first kappa shape index (κ1) is 22.1. The summed E-state index contributed by atoms with van der Waals surface area (Å²) in [6.45, 7) is 2.07. The van der Waals surface area contributed by atoms with Gasteiger partial charge in [0.05, 0.1) is 20.4 Å². The predicted octanol–water partition coefficient (Wildman–Crippen LogP) is 6.16. The predicted molar refractivity (Wildman–Crippen MR) is 129 cm³/mol. The average molecular weight is 440 g/mol. The van der Waals surface area contributed by atoms with E-state index in [1.54, 1.807) is 38.8 Å². The third-order valence-electron chi connectivity index (χ3n) is 5.43. The lowest BCUT2D eigenvalue weighted by atomic mass is 9.96. The third kappa shape index (κ3) is 5.21. The molecule has 0 spiro atoms. The highest BCUT2D eigenvalue weighted by Gasteiger charge is 2.09. The lowest BCUT2D eigenvalue weighted by Gasteiger charge is -2.09. The third-order valence-corrected chi connectivity index (χ3v) is 5.43. The lowest BCUT2D eigenvalue weighted by Crippen LogP contribution is -1.98. The quantitative estimate of drug-likeness (QED) is 0.308. The number of carbonyl (C=O) groups excluding carboxylic acids is 1. The molecule has 0 aliphatic rings. The van der Waals surface area contributed by atoms with Crippen LogP contribution in [0.2, 0.25) is 0 Å². The zero-order chi connectivity index (χ0) is 23.2. The van der Waals surface area contributed by atoms with Gasteiger partial charge in [0.1, 0.15) is 6.26 Å². The Morgan fingerprint density at radius 3 is 2.39 bits per heavy atom. The molecule has 166 valence electrons. The van der Waals surface area contributed by atoms with E-state index in [1.165, 1.54) is 0 Å². The lowest BCUT2D eigenvalue weighted by molar-refractivity contribution is -0.113. The smallest absolute Gasteiger partial charge is 0.225 e. The van der Waals surface area contributed by atoms with E-state index in [1.807, 2.05) is 48.5 Å². The monoisotopic (exact) mass is 439 g/mol. The van der Waals surface area contributed by atoms with Crippen LogP contribution in [-0.2, 0) is 11.2 Å². The van der Waals surface area contributed by atoms with Gasteiger partial charge < -0.3 is 13.9 Å². The Balaban J connectivity index is 1.45. The average Bonchev–Trinajstić information content (AvgIpc) is 3.38. The molecule has 1 heterocycles. The van der Waals surface area contributed by atoms with Crippen LogP contribution in [-0.4, -0.2) is 25.0 Å². The van der Waals surface area contributed by atoms with E-state index < -0.39 is 0 Å². The Bertz CT molecular complexity index is 1270. The van der Waals surface area contributed by atoms with E-state index in [9.17, 15) is 4.79 Å². The first-order valence-corrected chi connectivity index (χ1v) is 10.6. The van der Waals surface area contributed by atoms with Crippen molar-refractivity contribution in [2.45, 2.75) is 13.3 Å². The summed E-state index contributed by atoms with van der Waals surface area (Å²) >= 11 is 0. The standard InChI is InChI=1S/C28H25NO4/c1-19-4-9-23(28-29-14-15-33-28)18-25(19)22-10-5-20(6-11-22)16-24(30)12-7-21-8-13-26(31-2)27(17-21)32-3/h4-15,17-18H,16H2,1-3H3/b12-7+. The van der Waals surface area contributed by atoms with Crippen LogP contribution < -0.4 is 9.47 Å². The van der Waals surface area contributed by atoms with Crippen LogP contribution >= 0.6 is 0 Å². The fourth-order valence-corrected chi connectivity index (χ4v) is 3.64. The number of allylic oxidation sites excluding steroid dienone is 1. The number of ketones is 1. The second kappa shape index (κ2) is 10.0. The second-order valence-electron chi connectivity index (χ2n) is 7.65. The van der Waals surface area contributed by atoms with Gasteiger partial charge in [0.25, 0.3) is 0 Å². The molecule has 33 heavy (non-hydrogen) atoms. The summed E-state index contributed by atoms with van der Waals surface area (Å²) in [4.78, 5) is 16.7. The van der Waals surface area contributed by atoms with Gasteiger partial charge in [-0.25, -0.2) is 4.98 Å². The molecule has 0 fully saturated rings. The highest BCUT2D eigenvalue weighted by Crippen LogP contribution is 2.30. The first-order valence-electron chi connectivity index (χ1n) is 10.6. The van der Waals surface area contributed by atoms with E-state index in [0.717, 1.165) is 33.4 Å². The molecule has 5 nitrogen and oxygen atoms in total. The maximum absolute atomic E-state index is 12.5. The Morgan fingerprint density at radius 2 is 1.70 bits per heavy atom. The summed E-state index contributed by atoms with van der Waals surface area (Å²) in [6, 6.07) is 19.8. The van der Waals surface area contributed by atoms with Gasteiger partial charge >= 0.3 is 0 Å². The molecule has 0 amide bonds. The van der Waals surface area contributed by atoms with Gasteiger partial charge in [-0.2, -0.15) is 0 Å². The van der Waals surface area contributed by atoms with Crippen molar-refractivity contribution in [3.63, 3.8) is 0 Å². The summed E-state index contributed by atoms with van der Waals surface area (Å²) in [5.74, 6) is 1.91. The fraction of sp³-hybridized carbons (Fsp3) is 0.143. The van der Waals surface area contributed by atoms with E-state index in [4.69, 9.17) is 13.9 Å². The molecule has 0 radical (unpaired) electrons. The van der Waals surface area contributed by atoms with Crippen LogP contribution in [0.5, 0.6) is 11.5 Å². The normalized spacial score (nSPS) is 11.0. The van der Waals surface area contributed by atoms with Gasteiger partial charge in [0.15, 0.2) is 17.3 Å². The van der Waals surface area contributed by atoms with Crippen molar-refractivity contribution < 1.29 is 18.7 Å². The molecule has 0 aliphatic carbocycles. The van der Waals surface area contributed by atoms with Crippen molar-refractivity contribution in [1.29, 1.82) is 0 Å². The molecule has 0 unspecified atom stereocenters. The summed E-state index contributed by atoms with van der Waals surface area (Å²) < 4.78 is 16.0. The van der Waals surface area contributed by atoms with Crippen molar-refractivity contribution in [1.82, 2.24) is 4.98 Å². The molecular weight excluding hydrogens is 414 g/mol. The number of aryl methyl sites for hydroxylation is 1. The summed E-state index contributed by atoms with van der Waals surface area (Å²) in [6.07, 6.45) is 6.93. The van der Waals surface area contributed by atoms with Gasteiger partial charge in [0, 0.05) is 12.0 Å². The largest absolute Gasteiger partial charge is 0.493 e. The van der Waals surface area contributed by atoms with Gasteiger partial charge in [-0.05, 0) is 65.1 Å². The molecule has 0 saturated carbocycles. The van der Waals surface area contributed by atoms with E-state index in [2.05, 4.69) is 24.0 Å². The Kier molecular flexibility index (Phi) is 6.69. The zero-order valence-electron chi connectivity index (χ0n) is 18.9. The van der Waals surface area contributed by atoms with Crippen LogP contribution in [0.4, 0.5) is 0 Å². The number of benzene rings is 3. The number of carbonyl (C=O) groups is 1. The van der Waals surface area contributed by atoms with E-state index >= 15 is 0 Å². The number of rotatable bonds is 8. The van der Waals surface area contributed by atoms with Crippen LogP contribution in [0.25, 0.3) is 28.7 Å². The van der Waals surface area contributed by atoms with Gasteiger partial charge in [0.2, 0.25) is 5.89 Å². The maximum atomic E-state index is 12.5. The first-order chi connectivity index (χ1) is 16.1. The molecule has 0 N–H and O–H groups in total. The highest BCUT2D eigenvalue weighted by molar-refractivity contribution is 5.95. The highest BCUT2D eigenvalue weighted by atomic mass is 16.5. The topological polar surface area (TPSA) is 61.6 Å². The van der Waals surface area contributed by atoms with Crippen molar-refractivity contribution in [2.24, 2.45) is 0 Å². The molecule has 4 rings (SSSR count). The van der Waals surface area contributed by atoms with Crippen LogP contribution in [0.3, 0.4) is 0 Å². The maximum Gasteiger partial charge on any atom is 0.225 e. The molecule has 5 heteroatoms. The van der Waals surface area contributed by atoms with Crippen LogP contribution in [0, 0.1) is 6.92 Å². The van der Waals surface area contributed by atoms with Crippen molar-refractivity contribution in [2.75, 3.05) is 14.2 Å². The number of ether oxygens (including phenoxy) is 2. The minimum Gasteiger partial charge on any atom is -0.493 e. The molecule has 1 aromatic heterocycles. The van der Waals surface area contributed by atoms with E-state index in [0.29, 0.717) is 23.8 Å². The number of hydrogen-bond acceptors (Lipinski definition) is 5. The fourth-order valence-electron chi connectivity index (χ4n) is 3.64. The molecule has 3 aromatic carbocycles. The minimum atomic E-state index is 0.0274. The van der Waals surface area contributed by atoms with Crippen molar-refractivity contribution in [3.8, 4) is 34.1 Å². The Hall–Kier alpha value is -4.12. The van der Waals surface area contributed by atoms with Crippen LogP contribution in [0.15, 0.2) is 83.6 Å². The Labute approximate surface area is 193 Å². The number of methoxy groups -OCH3 is 2. The van der Waals surface area contributed by atoms with Gasteiger partial charge in [-0.15, -0.1) is 0 Å². The van der Waals surface area contributed by atoms with Crippen molar-refractivity contribution in [3.05, 3.63) is 95.9 Å². The minimum absolute atomic E-state index is 0.0274. The molecule has 0 bridgehead atoms. The molecule has 4 aromatic rings. The number of oxazole rings is 1. The van der Waals surface area contributed by atoms with Crippen molar-refractivity contribution >= 4 is 11.9 Å².